The third-order valence-corrected chi connectivity index (χ3v) is 3.50. The van der Waals surface area contributed by atoms with Gasteiger partial charge in [0.25, 0.3) is 0 Å². The zero-order valence-corrected chi connectivity index (χ0v) is 11.8. The lowest BCUT2D eigenvalue weighted by Crippen LogP contribution is -2.21. The lowest BCUT2D eigenvalue weighted by atomic mass is 10.2. The van der Waals surface area contributed by atoms with Gasteiger partial charge in [-0.3, -0.25) is 0 Å². The fraction of sp³-hybridized carbons (Fsp3) is 0.357. The third-order valence-electron chi connectivity index (χ3n) is 2.58. The molecule has 0 bridgehead atoms. The van der Waals surface area contributed by atoms with Crippen molar-refractivity contribution >= 4 is 11.3 Å². The summed E-state index contributed by atoms with van der Waals surface area (Å²) < 4.78 is 5.36. The van der Waals surface area contributed by atoms with Crippen LogP contribution in [0, 0.1) is 0 Å². The Morgan fingerprint density at radius 2 is 2.11 bits per heavy atom. The number of nitrogens with zero attached hydrogens (tertiary/aromatic N) is 1. The number of hydrogen-bond donors (Lipinski definition) is 1. The number of rotatable bonds is 5. The van der Waals surface area contributed by atoms with Crippen LogP contribution in [0.5, 0.6) is 5.75 Å². The SMILES string of the molecule is COc1ccccc1-c1nc(CNC(C)C)cs1. The van der Waals surface area contributed by atoms with E-state index in [0.717, 1.165) is 28.6 Å². The van der Waals surface area contributed by atoms with Gasteiger partial charge in [0, 0.05) is 18.0 Å². The molecule has 1 aromatic heterocycles. The van der Waals surface area contributed by atoms with Crippen LogP contribution in [0.15, 0.2) is 29.6 Å². The second-order valence-electron chi connectivity index (χ2n) is 4.38. The molecule has 0 spiro atoms. The highest BCUT2D eigenvalue weighted by Crippen LogP contribution is 2.31. The smallest absolute Gasteiger partial charge is 0.129 e. The van der Waals surface area contributed by atoms with Crippen molar-refractivity contribution in [3.05, 3.63) is 35.3 Å². The molecule has 18 heavy (non-hydrogen) atoms. The molecule has 0 aliphatic heterocycles. The van der Waals surface area contributed by atoms with Crippen LogP contribution >= 0.6 is 11.3 Å². The number of benzene rings is 1. The lowest BCUT2D eigenvalue weighted by molar-refractivity contribution is 0.416. The topological polar surface area (TPSA) is 34.1 Å². The quantitative estimate of drug-likeness (QED) is 0.897. The zero-order chi connectivity index (χ0) is 13.0. The number of aromatic nitrogens is 1. The average Bonchev–Trinajstić information content (AvgIpc) is 2.85. The van der Waals surface area contributed by atoms with Crippen molar-refractivity contribution in [2.24, 2.45) is 0 Å². The van der Waals surface area contributed by atoms with Crippen LogP contribution in [0.3, 0.4) is 0 Å². The first-order chi connectivity index (χ1) is 8.70. The molecule has 1 aromatic carbocycles. The number of nitrogens with one attached hydrogen (secondary N) is 1. The molecule has 0 atom stereocenters. The molecule has 0 aliphatic carbocycles. The Morgan fingerprint density at radius 3 is 2.83 bits per heavy atom. The Morgan fingerprint density at radius 1 is 1.33 bits per heavy atom. The highest BCUT2D eigenvalue weighted by atomic mass is 32.1. The van der Waals surface area contributed by atoms with Gasteiger partial charge in [-0.15, -0.1) is 11.3 Å². The summed E-state index contributed by atoms with van der Waals surface area (Å²) in [5, 5.41) is 6.47. The van der Waals surface area contributed by atoms with Gasteiger partial charge in [-0.1, -0.05) is 26.0 Å². The number of hydrogen-bond acceptors (Lipinski definition) is 4. The first kappa shape index (κ1) is 13.1. The fourth-order valence-corrected chi connectivity index (χ4v) is 2.49. The molecule has 2 rings (SSSR count). The molecule has 2 aromatic rings. The maximum Gasteiger partial charge on any atom is 0.129 e. The summed E-state index contributed by atoms with van der Waals surface area (Å²) in [5.41, 5.74) is 2.13. The number of para-hydroxylation sites is 1. The van der Waals surface area contributed by atoms with E-state index in [9.17, 15) is 0 Å². The van der Waals surface area contributed by atoms with Gasteiger partial charge in [0.2, 0.25) is 0 Å². The van der Waals surface area contributed by atoms with Crippen LogP contribution in [-0.2, 0) is 6.54 Å². The predicted octanol–water partition coefficient (Wildman–Crippen LogP) is 3.32. The van der Waals surface area contributed by atoms with E-state index in [4.69, 9.17) is 4.74 Å². The van der Waals surface area contributed by atoms with E-state index >= 15 is 0 Å². The van der Waals surface area contributed by atoms with Crippen LogP contribution in [0.4, 0.5) is 0 Å². The van der Waals surface area contributed by atoms with Gasteiger partial charge in [0.15, 0.2) is 0 Å². The van der Waals surface area contributed by atoms with Crippen molar-refractivity contribution < 1.29 is 4.74 Å². The molecule has 96 valence electrons. The van der Waals surface area contributed by atoms with Gasteiger partial charge in [-0.05, 0) is 12.1 Å². The van der Waals surface area contributed by atoms with Crippen molar-refractivity contribution in [2.75, 3.05) is 7.11 Å². The molecule has 1 N–H and O–H groups in total. The molecule has 0 amide bonds. The minimum absolute atomic E-state index is 0.474. The summed E-state index contributed by atoms with van der Waals surface area (Å²) in [6, 6.07) is 8.45. The highest BCUT2D eigenvalue weighted by Gasteiger charge is 2.09. The summed E-state index contributed by atoms with van der Waals surface area (Å²) in [6.07, 6.45) is 0. The van der Waals surface area contributed by atoms with E-state index in [0.29, 0.717) is 6.04 Å². The summed E-state index contributed by atoms with van der Waals surface area (Å²) in [5.74, 6) is 0.871. The molecular weight excluding hydrogens is 244 g/mol. The molecule has 0 aliphatic rings. The second kappa shape index (κ2) is 5.98. The van der Waals surface area contributed by atoms with Gasteiger partial charge in [-0.25, -0.2) is 4.98 Å². The Hall–Kier alpha value is -1.39. The summed E-state index contributed by atoms with van der Waals surface area (Å²) in [4.78, 5) is 4.64. The molecule has 0 fully saturated rings. The number of ether oxygens (including phenoxy) is 1. The molecule has 3 nitrogen and oxygen atoms in total. The molecule has 0 unspecified atom stereocenters. The Labute approximate surface area is 112 Å². The van der Waals surface area contributed by atoms with Gasteiger partial charge in [0.1, 0.15) is 10.8 Å². The van der Waals surface area contributed by atoms with Gasteiger partial charge < -0.3 is 10.1 Å². The lowest BCUT2D eigenvalue weighted by Gasteiger charge is -2.06. The van der Waals surface area contributed by atoms with E-state index < -0.39 is 0 Å². The van der Waals surface area contributed by atoms with Crippen LogP contribution in [0.1, 0.15) is 19.5 Å². The number of thiazole rings is 1. The van der Waals surface area contributed by atoms with Crippen molar-refractivity contribution in [3.8, 4) is 16.3 Å². The normalized spacial score (nSPS) is 10.9. The first-order valence-electron chi connectivity index (χ1n) is 6.02. The van der Waals surface area contributed by atoms with Crippen molar-refractivity contribution in [2.45, 2.75) is 26.4 Å². The van der Waals surface area contributed by atoms with Crippen molar-refractivity contribution in [3.63, 3.8) is 0 Å². The van der Waals surface area contributed by atoms with E-state index in [2.05, 4.69) is 29.5 Å². The standard InChI is InChI=1S/C14H18N2OS/c1-10(2)15-8-11-9-18-14(16-11)12-6-4-5-7-13(12)17-3/h4-7,9-10,15H,8H2,1-3H3. The summed E-state index contributed by atoms with van der Waals surface area (Å²) in [6.45, 7) is 5.07. The Kier molecular flexibility index (Phi) is 4.33. The summed E-state index contributed by atoms with van der Waals surface area (Å²) in [7, 11) is 1.69. The summed E-state index contributed by atoms with van der Waals surface area (Å²) >= 11 is 1.65. The number of methoxy groups -OCH3 is 1. The van der Waals surface area contributed by atoms with Crippen LogP contribution in [0.25, 0.3) is 10.6 Å². The van der Waals surface area contributed by atoms with Gasteiger partial charge in [0.05, 0.1) is 18.4 Å². The van der Waals surface area contributed by atoms with E-state index in [1.165, 1.54) is 0 Å². The largest absolute Gasteiger partial charge is 0.496 e. The van der Waals surface area contributed by atoms with Crippen LogP contribution < -0.4 is 10.1 Å². The second-order valence-corrected chi connectivity index (χ2v) is 5.24. The highest BCUT2D eigenvalue weighted by molar-refractivity contribution is 7.13. The predicted molar refractivity (Wildman–Crippen MR) is 76.1 cm³/mol. The fourth-order valence-electron chi connectivity index (χ4n) is 1.64. The average molecular weight is 262 g/mol. The van der Waals surface area contributed by atoms with Crippen molar-refractivity contribution in [1.82, 2.24) is 10.3 Å². The van der Waals surface area contributed by atoms with Gasteiger partial charge >= 0.3 is 0 Å². The minimum atomic E-state index is 0.474. The molecule has 0 saturated heterocycles. The minimum Gasteiger partial charge on any atom is -0.496 e. The van der Waals surface area contributed by atoms with Gasteiger partial charge in [-0.2, -0.15) is 0 Å². The zero-order valence-electron chi connectivity index (χ0n) is 10.9. The van der Waals surface area contributed by atoms with Crippen LogP contribution in [0.2, 0.25) is 0 Å². The van der Waals surface area contributed by atoms with E-state index in [1.807, 2.05) is 24.3 Å². The van der Waals surface area contributed by atoms with E-state index in [-0.39, 0.29) is 0 Å². The molecule has 4 heteroatoms. The molecule has 0 radical (unpaired) electrons. The Balaban J connectivity index is 2.18. The molecular formula is C14H18N2OS. The van der Waals surface area contributed by atoms with Crippen molar-refractivity contribution in [1.29, 1.82) is 0 Å². The third kappa shape index (κ3) is 3.09. The Bertz CT molecular complexity index is 508. The molecule has 1 heterocycles. The van der Waals surface area contributed by atoms with E-state index in [1.54, 1.807) is 18.4 Å². The van der Waals surface area contributed by atoms with Crippen LogP contribution in [-0.4, -0.2) is 18.1 Å². The maximum absolute atomic E-state index is 5.36. The molecule has 0 saturated carbocycles. The first-order valence-corrected chi connectivity index (χ1v) is 6.90. The monoisotopic (exact) mass is 262 g/mol. The maximum atomic E-state index is 5.36.